The van der Waals surface area contributed by atoms with Gasteiger partial charge in [0.1, 0.15) is 0 Å². The molecule has 110 valence electrons. The first-order valence-corrected chi connectivity index (χ1v) is 8.49. The fraction of sp³-hybridized carbons (Fsp3) is 0.562. The highest BCUT2D eigenvalue weighted by Gasteiger charge is 2.21. The Balaban J connectivity index is 1.83. The van der Waals surface area contributed by atoms with E-state index in [4.69, 9.17) is 0 Å². The highest BCUT2D eigenvalue weighted by atomic mass is 79.9. The third-order valence-corrected chi connectivity index (χ3v) is 4.42. The van der Waals surface area contributed by atoms with Crippen LogP contribution >= 0.6 is 15.9 Å². The second-order valence-electron chi connectivity index (χ2n) is 5.30. The van der Waals surface area contributed by atoms with Gasteiger partial charge in [-0.2, -0.15) is 0 Å². The van der Waals surface area contributed by atoms with Crippen molar-refractivity contribution < 1.29 is 4.79 Å². The fourth-order valence-corrected chi connectivity index (χ4v) is 3.04. The summed E-state index contributed by atoms with van der Waals surface area (Å²) in [5.74, 6) is 0.315. The van der Waals surface area contributed by atoms with Crippen molar-refractivity contribution in [1.29, 1.82) is 0 Å². The number of carbonyl (C=O) groups excluding carboxylic acids is 1. The van der Waals surface area contributed by atoms with Crippen molar-refractivity contribution in [3.63, 3.8) is 0 Å². The smallest absolute Gasteiger partial charge is 0.222 e. The van der Waals surface area contributed by atoms with Crippen molar-refractivity contribution in [3.8, 4) is 0 Å². The highest BCUT2D eigenvalue weighted by Crippen LogP contribution is 2.21. The van der Waals surface area contributed by atoms with Crippen LogP contribution in [0.1, 0.15) is 24.8 Å². The van der Waals surface area contributed by atoms with Gasteiger partial charge in [0.2, 0.25) is 5.91 Å². The Morgan fingerprint density at radius 3 is 2.50 bits per heavy atom. The minimum absolute atomic E-state index is 0.315. The maximum atomic E-state index is 12.1. The molecule has 0 radical (unpaired) electrons. The predicted octanol–water partition coefficient (Wildman–Crippen LogP) is 3.21. The van der Waals surface area contributed by atoms with E-state index in [9.17, 15) is 4.79 Å². The standard InChI is InChI=1S/C16H23BrN2O/c1-14-6-2-3-7-15(14)18-10-12-19(13-11-18)16(20)8-4-5-9-17/h2-3,6-7H,4-5,8-13H2,1H3. The maximum Gasteiger partial charge on any atom is 0.222 e. The van der Waals surface area contributed by atoms with E-state index in [1.54, 1.807) is 0 Å². The van der Waals surface area contributed by atoms with Crippen molar-refractivity contribution in [1.82, 2.24) is 4.90 Å². The molecule has 0 aromatic heterocycles. The molecule has 0 aliphatic carbocycles. The van der Waals surface area contributed by atoms with Crippen LogP contribution in [-0.4, -0.2) is 42.3 Å². The summed E-state index contributed by atoms with van der Waals surface area (Å²) in [4.78, 5) is 16.5. The lowest BCUT2D eigenvalue weighted by Gasteiger charge is -2.36. The number of aryl methyl sites for hydroxylation is 1. The summed E-state index contributed by atoms with van der Waals surface area (Å²) in [7, 11) is 0. The Morgan fingerprint density at radius 1 is 1.15 bits per heavy atom. The normalized spacial score (nSPS) is 15.5. The van der Waals surface area contributed by atoms with E-state index >= 15 is 0 Å². The molecular weight excluding hydrogens is 316 g/mol. The van der Waals surface area contributed by atoms with E-state index in [-0.39, 0.29) is 0 Å². The van der Waals surface area contributed by atoms with Gasteiger partial charge in [-0.25, -0.2) is 0 Å². The fourth-order valence-electron chi connectivity index (χ4n) is 2.64. The Bertz CT molecular complexity index is 442. The van der Waals surface area contributed by atoms with Gasteiger partial charge in [0.05, 0.1) is 0 Å². The van der Waals surface area contributed by atoms with Gasteiger partial charge >= 0.3 is 0 Å². The molecular formula is C16H23BrN2O. The van der Waals surface area contributed by atoms with Crippen LogP contribution in [0.5, 0.6) is 0 Å². The summed E-state index contributed by atoms with van der Waals surface area (Å²) in [6.45, 7) is 5.72. The van der Waals surface area contributed by atoms with Gasteiger partial charge in [-0.1, -0.05) is 34.1 Å². The molecule has 1 fully saturated rings. The molecule has 0 atom stereocenters. The van der Waals surface area contributed by atoms with E-state index in [2.05, 4.69) is 52.0 Å². The Morgan fingerprint density at radius 2 is 1.85 bits per heavy atom. The van der Waals surface area contributed by atoms with Crippen LogP contribution in [0.4, 0.5) is 5.69 Å². The van der Waals surface area contributed by atoms with Gasteiger partial charge in [-0.15, -0.1) is 0 Å². The molecule has 1 heterocycles. The van der Waals surface area contributed by atoms with E-state index in [1.165, 1.54) is 11.3 Å². The lowest BCUT2D eigenvalue weighted by atomic mass is 10.1. The summed E-state index contributed by atoms with van der Waals surface area (Å²) >= 11 is 3.40. The molecule has 1 aromatic carbocycles. The monoisotopic (exact) mass is 338 g/mol. The summed E-state index contributed by atoms with van der Waals surface area (Å²) in [5.41, 5.74) is 2.61. The average Bonchev–Trinajstić information content (AvgIpc) is 2.48. The van der Waals surface area contributed by atoms with Crippen LogP contribution in [-0.2, 0) is 4.79 Å². The SMILES string of the molecule is Cc1ccccc1N1CCN(C(=O)CCCCBr)CC1. The number of rotatable bonds is 5. The molecule has 1 aliphatic heterocycles. The van der Waals surface area contributed by atoms with Crippen LogP contribution in [0.25, 0.3) is 0 Å². The molecule has 1 saturated heterocycles. The number of halogens is 1. The first kappa shape index (κ1) is 15.4. The van der Waals surface area contributed by atoms with Gasteiger partial charge in [0.25, 0.3) is 0 Å². The number of carbonyl (C=O) groups is 1. The Labute approximate surface area is 130 Å². The Kier molecular flexibility index (Phi) is 5.89. The van der Waals surface area contributed by atoms with Crippen molar-refractivity contribution >= 4 is 27.5 Å². The second-order valence-corrected chi connectivity index (χ2v) is 6.09. The zero-order chi connectivity index (χ0) is 14.4. The van der Waals surface area contributed by atoms with Crippen molar-refractivity contribution in [3.05, 3.63) is 29.8 Å². The number of para-hydroxylation sites is 1. The number of anilines is 1. The number of hydrogen-bond acceptors (Lipinski definition) is 2. The summed E-state index contributed by atoms with van der Waals surface area (Å²) < 4.78 is 0. The molecule has 1 amide bonds. The molecule has 4 heteroatoms. The molecule has 0 unspecified atom stereocenters. The van der Waals surface area contributed by atoms with Crippen molar-refractivity contribution in [2.45, 2.75) is 26.2 Å². The molecule has 1 aromatic rings. The number of nitrogens with zero attached hydrogens (tertiary/aromatic N) is 2. The topological polar surface area (TPSA) is 23.6 Å². The first-order valence-electron chi connectivity index (χ1n) is 7.36. The molecule has 3 nitrogen and oxygen atoms in total. The highest BCUT2D eigenvalue weighted by molar-refractivity contribution is 9.09. The minimum atomic E-state index is 0.315. The van der Waals surface area contributed by atoms with Gasteiger partial charge in [0.15, 0.2) is 0 Å². The summed E-state index contributed by atoms with van der Waals surface area (Å²) in [5, 5.41) is 0.987. The van der Waals surface area contributed by atoms with Crippen LogP contribution in [0, 0.1) is 6.92 Å². The van der Waals surface area contributed by atoms with Crippen LogP contribution in [0.3, 0.4) is 0 Å². The molecule has 2 rings (SSSR count). The number of alkyl halides is 1. The number of benzene rings is 1. The van der Waals surface area contributed by atoms with E-state index in [1.807, 2.05) is 4.90 Å². The molecule has 0 spiro atoms. The third-order valence-electron chi connectivity index (χ3n) is 3.86. The molecule has 0 bridgehead atoms. The Hall–Kier alpha value is -1.03. The van der Waals surface area contributed by atoms with Crippen LogP contribution < -0.4 is 4.90 Å². The molecule has 1 aliphatic rings. The van der Waals surface area contributed by atoms with Crippen LogP contribution in [0.15, 0.2) is 24.3 Å². The number of piperazine rings is 1. The van der Waals surface area contributed by atoms with Gasteiger partial charge in [-0.05, 0) is 31.4 Å². The molecule has 0 saturated carbocycles. The largest absolute Gasteiger partial charge is 0.368 e. The molecule has 0 N–H and O–H groups in total. The lowest BCUT2D eigenvalue weighted by molar-refractivity contribution is -0.131. The first-order chi connectivity index (χ1) is 9.72. The van der Waals surface area contributed by atoms with Gasteiger partial charge < -0.3 is 9.80 Å². The maximum absolute atomic E-state index is 12.1. The van der Waals surface area contributed by atoms with E-state index in [0.29, 0.717) is 12.3 Å². The number of amides is 1. The van der Waals surface area contributed by atoms with Crippen molar-refractivity contribution in [2.75, 3.05) is 36.4 Å². The molecule has 20 heavy (non-hydrogen) atoms. The predicted molar refractivity (Wildman–Crippen MR) is 87.6 cm³/mol. The van der Waals surface area contributed by atoms with E-state index < -0.39 is 0 Å². The second kappa shape index (κ2) is 7.67. The van der Waals surface area contributed by atoms with Crippen molar-refractivity contribution in [2.24, 2.45) is 0 Å². The average molecular weight is 339 g/mol. The lowest BCUT2D eigenvalue weighted by Crippen LogP contribution is -2.48. The van der Waals surface area contributed by atoms with Gasteiger partial charge in [0, 0.05) is 43.6 Å². The third kappa shape index (κ3) is 3.98. The van der Waals surface area contributed by atoms with E-state index in [0.717, 1.165) is 44.4 Å². The number of hydrogen-bond donors (Lipinski definition) is 0. The zero-order valence-corrected chi connectivity index (χ0v) is 13.7. The zero-order valence-electron chi connectivity index (χ0n) is 12.1. The summed E-state index contributed by atoms with van der Waals surface area (Å²) in [6.07, 6.45) is 2.76. The van der Waals surface area contributed by atoms with Gasteiger partial charge in [-0.3, -0.25) is 4.79 Å². The summed E-state index contributed by atoms with van der Waals surface area (Å²) in [6, 6.07) is 8.47. The number of unbranched alkanes of at least 4 members (excludes halogenated alkanes) is 1. The minimum Gasteiger partial charge on any atom is -0.368 e. The van der Waals surface area contributed by atoms with Crippen LogP contribution in [0.2, 0.25) is 0 Å². The quantitative estimate of drug-likeness (QED) is 0.608.